The highest BCUT2D eigenvalue weighted by molar-refractivity contribution is 7.99. The summed E-state index contributed by atoms with van der Waals surface area (Å²) in [4.78, 5) is 0.542. The molecule has 0 radical (unpaired) electrons. The Morgan fingerprint density at radius 2 is 2.15 bits per heavy atom. The van der Waals surface area contributed by atoms with Crippen molar-refractivity contribution in [2.24, 2.45) is 0 Å². The second-order valence-corrected chi connectivity index (χ2v) is 4.43. The first-order valence-electron chi connectivity index (χ1n) is 3.91. The number of hydrogen-bond donors (Lipinski definition) is 0. The molecular formula is C9H7ClF2S. The number of halogens is 3. The van der Waals surface area contributed by atoms with Gasteiger partial charge in [0, 0.05) is 22.6 Å². The Balaban J connectivity index is 2.58. The van der Waals surface area contributed by atoms with E-state index in [4.69, 9.17) is 11.6 Å². The van der Waals surface area contributed by atoms with Crippen LogP contribution < -0.4 is 0 Å². The molecule has 1 heterocycles. The van der Waals surface area contributed by atoms with Crippen LogP contribution in [0, 0.1) is 0 Å². The molecule has 1 aromatic rings. The number of rotatable bonds is 0. The summed E-state index contributed by atoms with van der Waals surface area (Å²) in [5.41, 5.74) is 0.0799. The highest BCUT2D eigenvalue weighted by atomic mass is 35.5. The second-order valence-electron chi connectivity index (χ2n) is 2.92. The molecule has 0 aliphatic carbocycles. The van der Waals surface area contributed by atoms with Gasteiger partial charge in [-0.2, -0.15) is 0 Å². The summed E-state index contributed by atoms with van der Waals surface area (Å²) < 4.78 is 26.6. The first-order chi connectivity index (χ1) is 6.11. The molecule has 0 amide bonds. The van der Waals surface area contributed by atoms with Crippen molar-refractivity contribution in [1.29, 1.82) is 0 Å². The molecule has 0 unspecified atom stereocenters. The molecule has 0 aromatic heterocycles. The Morgan fingerprint density at radius 3 is 2.85 bits per heavy atom. The molecule has 0 bridgehead atoms. The van der Waals surface area contributed by atoms with Crippen molar-refractivity contribution in [2.45, 2.75) is 17.2 Å². The Labute approximate surface area is 84.3 Å². The van der Waals surface area contributed by atoms with E-state index < -0.39 is 5.92 Å². The summed E-state index contributed by atoms with van der Waals surface area (Å²) in [6.07, 6.45) is -0.0923. The molecular weight excluding hydrogens is 214 g/mol. The maximum Gasteiger partial charge on any atom is 0.275 e. The molecule has 1 aromatic carbocycles. The lowest BCUT2D eigenvalue weighted by atomic mass is 10.1. The minimum atomic E-state index is -2.70. The minimum absolute atomic E-state index is 0.0799. The molecule has 0 fully saturated rings. The van der Waals surface area contributed by atoms with E-state index in [1.165, 1.54) is 17.8 Å². The summed E-state index contributed by atoms with van der Waals surface area (Å²) in [5, 5.41) is 0.432. The number of hydrogen-bond acceptors (Lipinski definition) is 1. The molecule has 4 heteroatoms. The lowest BCUT2D eigenvalue weighted by molar-refractivity contribution is -0.0115. The van der Waals surface area contributed by atoms with Crippen molar-refractivity contribution in [2.75, 3.05) is 5.75 Å². The first-order valence-corrected chi connectivity index (χ1v) is 5.27. The third-order valence-corrected chi connectivity index (χ3v) is 3.59. The third-order valence-electron chi connectivity index (χ3n) is 2.02. The third kappa shape index (κ3) is 1.55. The quantitative estimate of drug-likeness (QED) is 0.639. The summed E-state index contributed by atoms with van der Waals surface area (Å²) in [5.74, 6) is -2.27. The van der Waals surface area contributed by atoms with Crippen LogP contribution in [-0.4, -0.2) is 5.75 Å². The van der Waals surface area contributed by atoms with Gasteiger partial charge in [-0.05, 0) is 6.07 Å². The van der Waals surface area contributed by atoms with Crippen LogP contribution in [0.25, 0.3) is 0 Å². The van der Waals surface area contributed by atoms with Crippen LogP contribution >= 0.6 is 23.4 Å². The molecule has 0 saturated heterocycles. The fraction of sp³-hybridized carbons (Fsp3) is 0.333. The van der Waals surface area contributed by atoms with Gasteiger partial charge < -0.3 is 0 Å². The molecule has 70 valence electrons. The van der Waals surface area contributed by atoms with Gasteiger partial charge in [-0.3, -0.25) is 0 Å². The SMILES string of the molecule is FC1(F)CCSc2c(Cl)cccc21. The molecule has 0 saturated carbocycles. The Kier molecular flexibility index (Phi) is 2.24. The average Bonchev–Trinajstić information content (AvgIpc) is 2.06. The summed E-state index contributed by atoms with van der Waals surface area (Å²) >= 11 is 7.22. The lowest BCUT2D eigenvalue weighted by Gasteiger charge is -2.24. The van der Waals surface area contributed by atoms with E-state index in [0.29, 0.717) is 15.7 Å². The Morgan fingerprint density at radius 1 is 1.38 bits per heavy atom. The van der Waals surface area contributed by atoms with Gasteiger partial charge in [0.15, 0.2) is 0 Å². The standard InChI is InChI=1S/C9H7ClF2S/c10-7-3-1-2-6-8(7)13-5-4-9(6,11)12/h1-3H,4-5H2. The zero-order valence-electron chi connectivity index (χ0n) is 6.69. The molecule has 0 N–H and O–H groups in total. The van der Waals surface area contributed by atoms with Crippen molar-refractivity contribution in [3.05, 3.63) is 28.8 Å². The zero-order valence-corrected chi connectivity index (χ0v) is 8.26. The highest BCUT2D eigenvalue weighted by Crippen LogP contribution is 2.46. The van der Waals surface area contributed by atoms with Gasteiger partial charge in [-0.15, -0.1) is 11.8 Å². The number of thioether (sulfide) groups is 1. The normalized spacial score (nSPS) is 19.6. The van der Waals surface area contributed by atoms with Crippen LogP contribution in [0.5, 0.6) is 0 Å². The van der Waals surface area contributed by atoms with E-state index in [1.807, 2.05) is 0 Å². The first kappa shape index (κ1) is 9.28. The number of benzene rings is 1. The largest absolute Gasteiger partial charge is 0.275 e. The van der Waals surface area contributed by atoms with E-state index in [2.05, 4.69) is 0 Å². The topological polar surface area (TPSA) is 0 Å². The van der Waals surface area contributed by atoms with E-state index in [0.717, 1.165) is 0 Å². The maximum atomic E-state index is 13.3. The van der Waals surface area contributed by atoms with Gasteiger partial charge in [-0.25, -0.2) is 8.78 Å². The van der Waals surface area contributed by atoms with Gasteiger partial charge in [0.1, 0.15) is 0 Å². The molecule has 1 aliphatic heterocycles. The van der Waals surface area contributed by atoms with E-state index >= 15 is 0 Å². The molecule has 13 heavy (non-hydrogen) atoms. The van der Waals surface area contributed by atoms with Crippen molar-refractivity contribution in [3.8, 4) is 0 Å². The molecule has 0 nitrogen and oxygen atoms in total. The number of alkyl halides is 2. The van der Waals surface area contributed by atoms with Gasteiger partial charge >= 0.3 is 0 Å². The highest BCUT2D eigenvalue weighted by Gasteiger charge is 2.37. The van der Waals surface area contributed by atoms with Gasteiger partial charge in [0.2, 0.25) is 0 Å². The predicted molar refractivity (Wildman–Crippen MR) is 50.7 cm³/mol. The maximum absolute atomic E-state index is 13.3. The predicted octanol–water partition coefficient (Wildman–Crippen LogP) is 3.93. The van der Waals surface area contributed by atoms with Crippen molar-refractivity contribution >= 4 is 23.4 Å². The fourth-order valence-electron chi connectivity index (χ4n) is 1.36. The summed E-state index contributed by atoms with van der Waals surface area (Å²) in [6.45, 7) is 0. The Hall–Kier alpha value is -0.280. The minimum Gasteiger partial charge on any atom is -0.201 e. The van der Waals surface area contributed by atoms with Crippen LogP contribution in [0.15, 0.2) is 23.1 Å². The van der Waals surface area contributed by atoms with Crippen LogP contribution in [0.1, 0.15) is 12.0 Å². The van der Waals surface area contributed by atoms with Crippen molar-refractivity contribution < 1.29 is 8.78 Å². The smallest absolute Gasteiger partial charge is 0.201 e. The van der Waals surface area contributed by atoms with Crippen LogP contribution in [0.2, 0.25) is 5.02 Å². The van der Waals surface area contributed by atoms with Crippen molar-refractivity contribution in [3.63, 3.8) is 0 Å². The van der Waals surface area contributed by atoms with Crippen LogP contribution in [-0.2, 0) is 5.92 Å². The van der Waals surface area contributed by atoms with E-state index in [-0.39, 0.29) is 12.0 Å². The zero-order chi connectivity index (χ0) is 9.47. The van der Waals surface area contributed by atoms with E-state index in [9.17, 15) is 8.78 Å². The van der Waals surface area contributed by atoms with Crippen LogP contribution in [0.4, 0.5) is 8.78 Å². The molecule has 0 atom stereocenters. The summed E-state index contributed by atoms with van der Waals surface area (Å²) in [6, 6.07) is 4.67. The number of fused-ring (bicyclic) bond motifs is 1. The second kappa shape index (κ2) is 3.14. The van der Waals surface area contributed by atoms with Crippen molar-refractivity contribution in [1.82, 2.24) is 0 Å². The van der Waals surface area contributed by atoms with Crippen LogP contribution in [0.3, 0.4) is 0 Å². The van der Waals surface area contributed by atoms with E-state index in [1.54, 1.807) is 12.1 Å². The fourth-order valence-corrected chi connectivity index (χ4v) is 2.84. The van der Waals surface area contributed by atoms with Gasteiger partial charge in [-0.1, -0.05) is 23.7 Å². The lowest BCUT2D eigenvalue weighted by Crippen LogP contribution is -2.19. The van der Waals surface area contributed by atoms with Gasteiger partial charge in [0.05, 0.1) is 5.02 Å². The molecule has 2 rings (SSSR count). The average molecular weight is 221 g/mol. The Bertz CT molecular complexity index is 338. The molecule has 1 aliphatic rings. The molecule has 0 spiro atoms. The summed E-state index contributed by atoms with van der Waals surface area (Å²) in [7, 11) is 0. The monoisotopic (exact) mass is 220 g/mol. The van der Waals surface area contributed by atoms with Gasteiger partial charge in [0.25, 0.3) is 5.92 Å².